The lowest BCUT2D eigenvalue weighted by Crippen LogP contribution is -2.32. The summed E-state index contributed by atoms with van der Waals surface area (Å²) in [4.78, 5) is 0. The van der Waals surface area contributed by atoms with Crippen molar-refractivity contribution in [2.45, 2.75) is 8.32 Å². The number of halogens is 3. The maximum Gasteiger partial charge on any atom is 0.225 e. The first-order chi connectivity index (χ1) is 7.18. The summed E-state index contributed by atoms with van der Waals surface area (Å²) in [7, 11) is -3.73. The van der Waals surface area contributed by atoms with Crippen molar-refractivity contribution in [2.24, 2.45) is 0 Å². The van der Waals surface area contributed by atoms with Gasteiger partial charge in [0.1, 0.15) is 11.9 Å². The number of alkyl halides is 2. The maximum absolute atomic E-state index is 13.3. The molecule has 1 aromatic rings. The molecule has 0 fully saturated rings. The Bertz CT molecular complexity index is 489. The topological polar surface area (TPSA) is 54.4 Å². The standard InChI is InChI=1S/C9H9ClFIO3S/c1-16(14,15)9(10,12)8(13)6-4-2-3-5-7(6)11/h2-5,8,13H,1H3/t8-,9+/m0/s1. The van der Waals surface area contributed by atoms with E-state index in [1.807, 2.05) is 0 Å². The fraction of sp³-hybridized carbons (Fsp3) is 0.333. The van der Waals surface area contributed by atoms with Gasteiger partial charge in [-0.1, -0.05) is 29.8 Å². The SMILES string of the molecule is CS(=O)(=O)[C@](Cl)(I)[C@@H](O)c1ccccc1F. The zero-order valence-electron chi connectivity index (χ0n) is 8.19. The van der Waals surface area contributed by atoms with Crippen molar-refractivity contribution in [3.05, 3.63) is 35.6 Å². The van der Waals surface area contributed by atoms with Crippen molar-refractivity contribution in [3.63, 3.8) is 0 Å². The molecule has 0 amide bonds. The van der Waals surface area contributed by atoms with E-state index < -0.39 is 24.0 Å². The van der Waals surface area contributed by atoms with Crippen molar-refractivity contribution >= 4 is 44.0 Å². The average Bonchev–Trinajstić information content (AvgIpc) is 2.15. The van der Waals surface area contributed by atoms with E-state index in [0.29, 0.717) is 0 Å². The van der Waals surface area contributed by atoms with Crippen LogP contribution in [0.4, 0.5) is 4.39 Å². The fourth-order valence-electron chi connectivity index (χ4n) is 1.08. The zero-order chi connectivity index (χ0) is 12.6. The second-order valence-electron chi connectivity index (χ2n) is 3.26. The molecule has 90 valence electrons. The van der Waals surface area contributed by atoms with Crippen LogP contribution in [-0.4, -0.2) is 22.0 Å². The van der Waals surface area contributed by atoms with Crippen molar-refractivity contribution in [3.8, 4) is 0 Å². The van der Waals surface area contributed by atoms with Crippen LogP contribution in [0, 0.1) is 5.82 Å². The molecule has 1 N–H and O–H groups in total. The minimum absolute atomic E-state index is 0.141. The third-order valence-electron chi connectivity index (χ3n) is 2.01. The molecular formula is C9H9ClFIO3S. The second kappa shape index (κ2) is 4.75. The average molecular weight is 379 g/mol. The monoisotopic (exact) mass is 378 g/mol. The Labute approximate surface area is 112 Å². The number of benzene rings is 1. The predicted octanol–water partition coefficient (Wildman–Crippen LogP) is 2.23. The van der Waals surface area contributed by atoms with Crippen molar-refractivity contribution in [1.82, 2.24) is 0 Å². The van der Waals surface area contributed by atoms with E-state index in [1.54, 1.807) is 0 Å². The summed E-state index contributed by atoms with van der Waals surface area (Å²) in [6.07, 6.45) is -0.748. The minimum Gasteiger partial charge on any atom is -0.384 e. The second-order valence-corrected chi connectivity index (χ2v) is 9.34. The highest BCUT2D eigenvalue weighted by Gasteiger charge is 2.44. The lowest BCUT2D eigenvalue weighted by atomic mass is 10.1. The van der Waals surface area contributed by atoms with Gasteiger partial charge in [0.25, 0.3) is 0 Å². The van der Waals surface area contributed by atoms with Crippen molar-refractivity contribution < 1.29 is 17.9 Å². The van der Waals surface area contributed by atoms with Gasteiger partial charge in [-0.05, 0) is 28.7 Å². The van der Waals surface area contributed by atoms with Crippen LogP contribution in [-0.2, 0) is 9.84 Å². The maximum atomic E-state index is 13.3. The first-order valence-corrected chi connectivity index (χ1v) is 7.52. The molecule has 0 aliphatic heterocycles. The lowest BCUT2D eigenvalue weighted by Gasteiger charge is -2.24. The predicted molar refractivity (Wildman–Crippen MR) is 68.8 cm³/mol. The van der Waals surface area contributed by atoms with Crippen LogP contribution < -0.4 is 0 Å². The summed E-state index contributed by atoms with van der Waals surface area (Å²) in [5.74, 6) is -0.694. The molecule has 0 spiro atoms. The molecule has 0 saturated heterocycles. The van der Waals surface area contributed by atoms with Crippen molar-refractivity contribution in [2.75, 3.05) is 6.26 Å². The third kappa shape index (κ3) is 2.66. The molecule has 0 heterocycles. The summed E-state index contributed by atoms with van der Waals surface area (Å²) in [5.41, 5.74) is -0.141. The summed E-state index contributed by atoms with van der Waals surface area (Å²) in [6, 6.07) is 5.36. The third-order valence-corrected chi connectivity index (χ3v) is 7.26. The molecule has 0 radical (unpaired) electrons. The van der Waals surface area contributed by atoms with Gasteiger partial charge in [0.2, 0.25) is 2.21 Å². The molecule has 0 aliphatic rings. The molecule has 0 unspecified atom stereocenters. The van der Waals surface area contributed by atoms with Gasteiger partial charge in [-0.3, -0.25) is 0 Å². The highest BCUT2D eigenvalue weighted by atomic mass is 127. The van der Waals surface area contributed by atoms with Crippen LogP contribution in [0.3, 0.4) is 0 Å². The van der Waals surface area contributed by atoms with E-state index >= 15 is 0 Å². The molecule has 0 aliphatic carbocycles. The molecule has 0 bridgehead atoms. The Morgan fingerprint density at radius 2 is 2.00 bits per heavy atom. The fourth-order valence-corrected chi connectivity index (χ4v) is 2.07. The molecular weight excluding hydrogens is 370 g/mol. The summed E-state index contributed by atoms with van der Waals surface area (Å²) in [6.45, 7) is 0. The van der Waals surface area contributed by atoms with Gasteiger partial charge in [-0.15, -0.1) is 0 Å². The molecule has 0 aromatic heterocycles. The largest absolute Gasteiger partial charge is 0.384 e. The van der Waals surface area contributed by atoms with Gasteiger partial charge in [0.05, 0.1) is 0 Å². The Balaban J connectivity index is 3.23. The van der Waals surface area contributed by atoms with E-state index in [-0.39, 0.29) is 5.56 Å². The van der Waals surface area contributed by atoms with Crippen LogP contribution in [0.5, 0.6) is 0 Å². The van der Waals surface area contributed by atoms with E-state index in [2.05, 4.69) is 0 Å². The van der Waals surface area contributed by atoms with Gasteiger partial charge in [0, 0.05) is 11.8 Å². The van der Waals surface area contributed by atoms with E-state index in [4.69, 9.17) is 11.6 Å². The zero-order valence-corrected chi connectivity index (χ0v) is 11.9. The normalized spacial score (nSPS) is 17.8. The highest BCUT2D eigenvalue weighted by Crippen LogP contribution is 2.43. The van der Waals surface area contributed by atoms with Gasteiger partial charge >= 0.3 is 0 Å². The Hall–Kier alpha value is 0.0800. The number of aliphatic hydroxyl groups excluding tert-OH is 1. The first-order valence-electron chi connectivity index (χ1n) is 4.18. The number of hydrogen-bond donors (Lipinski definition) is 1. The Morgan fingerprint density at radius 1 is 1.50 bits per heavy atom. The Morgan fingerprint density at radius 3 is 2.44 bits per heavy atom. The summed E-state index contributed by atoms with van der Waals surface area (Å²) < 4.78 is 34.1. The number of hydrogen-bond acceptors (Lipinski definition) is 3. The van der Waals surface area contributed by atoms with Crippen molar-refractivity contribution in [1.29, 1.82) is 0 Å². The molecule has 16 heavy (non-hydrogen) atoms. The van der Waals surface area contributed by atoms with Gasteiger partial charge in [-0.2, -0.15) is 0 Å². The summed E-state index contributed by atoms with van der Waals surface area (Å²) >= 11 is 7.14. The molecule has 2 atom stereocenters. The molecule has 0 saturated carbocycles. The lowest BCUT2D eigenvalue weighted by molar-refractivity contribution is 0.183. The first kappa shape index (κ1) is 14.1. The smallest absolute Gasteiger partial charge is 0.225 e. The Kier molecular flexibility index (Phi) is 4.20. The van der Waals surface area contributed by atoms with Gasteiger partial charge in [-0.25, -0.2) is 12.8 Å². The van der Waals surface area contributed by atoms with Gasteiger partial charge in [0.15, 0.2) is 9.84 Å². The number of rotatable bonds is 3. The highest BCUT2D eigenvalue weighted by molar-refractivity contribution is 14.1. The van der Waals surface area contributed by atoms with Crippen LogP contribution in [0.1, 0.15) is 11.7 Å². The number of sulfone groups is 1. The molecule has 1 rings (SSSR count). The van der Waals surface area contributed by atoms with Crippen LogP contribution >= 0.6 is 34.2 Å². The summed E-state index contributed by atoms with van der Waals surface area (Å²) in [5, 5.41) is 9.81. The quantitative estimate of drug-likeness (QED) is 0.648. The molecule has 1 aromatic carbocycles. The minimum atomic E-state index is -3.73. The van der Waals surface area contributed by atoms with Crippen LogP contribution in [0.15, 0.2) is 24.3 Å². The molecule has 3 nitrogen and oxygen atoms in total. The number of aliphatic hydroxyl groups is 1. The van der Waals surface area contributed by atoms with Crippen LogP contribution in [0.25, 0.3) is 0 Å². The van der Waals surface area contributed by atoms with E-state index in [9.17, 15) is 17.9 Å². The van der Waals surface area contributed by atoms with Crippen LogP contribution in [0.2, 0.25) is 0 Å². The molecule has 7 heteroatoms. The van der Waals surface area contributed by atoms with E-state index in [1.165, 1.54) is 40.8 Å². The van der Waals surface area contributed by atoms with E-state index in [0.717, 1.165) is 12.3 Å². The van der Waals surface area contributed by atoms with Gasteiger partial charge < -0.3 is 5.11 Å².